The quantitative estimate of drug-likeness (QED) is 0.345. The lowest BCUT2D eigenvalue weighted by Crippen LogP contribution is -2.61. The molecule has 17 heteroatoms. The highest BCUT2D eigenvalue weighted by molar-refractivity contribution is 6.03. The van der Waals surface area contributed by atoms with Gasteiger partial charge in [-0.3, -0.25) is 14.4 Å². The summed E-state index contributed by atoms with van der Waals surface area (Å²) in [6.07, 6.45) is -8.06. The maximum absolute atomic E-state index is 13.2. The molecule has 0 aromatic carbocycles. The summed E-state index contributed by atoms with van der Waals surface area (Å²) in [5, 5.41) is 10.1. The van der Waals surface area contributed by atoms with E-state index in [1.165, 1.54) is 11.8 Å². The van der Waals surface area contributed by atoms with Crippen LogP contribution in [0.25, 0.3) is 0 Å². The predicted molar refractivity (Wildman–Crippen MR) is 124 cm³/mol. The number of aromatic nitrogens is 3. The molecule has 0 saturated carbocycles. The number of carbonyl (C=O) groups excluding carboxylic acids is 2. The van der Waals surface area contributed by atoms with Gasteiger partial charge in [0.2, 0.25) is 11.8 Å². The van der Waals surface area contributed by atoms with Gasteiger partial charge in [0.15, 0.2) is 5.82 Å². The highest BCUT2D eigenvalue weighted by atomic mass is 19.4. The van der Waals surface area contributed by atoms with Crippen LogP contribution in [0.15, 0.2) is 23.3 Å². The van der Waals surface area contributed by atoms with Gasteiger partial charge in [0.25, 0.3) is 5.56 Å². The lowest BCUT2D eigenvalue weighted by molar-refractivity contribution is -0.138. The van der Waals surface area contributed by atoms with Gasteiger partial charge in [-0.1, -0.05) is 0 Å². The topological polar surface area (TPSA) is 133 Å². The predicted octanol–water partition coefficient (Wildman–Crippen LogP) is 2.08. The number of rotatable bonds is 7. The fraction of sp³-hybridized carbons (Fsp3) is 0.500. The number of nitrogens with one attached hydrogen (secondary N) is 3. The van der Waals surface area contributed by atoms with Crippen LogP contribution in [-0.4, -0.2) is 76.8 Å². The molecular weight excluding hydrogens is 540 g/mol. The molecule has 1 unspecified atom stereocenters. The maximum atomic E-state index is 13.2. The van der Waals surface area contributed by atoms with Crippen LogP contribution in [-0.2, 0) is 26.7 Å². The number of amides is 2. The molecule has 2 aromatic heterocycles. The van der Waals surface area contributed by atoms with Crippen LogP contribution in [0.5, 0.6) is 0 Å². The highest BCUT2D eigenvalue weighted by Gasteiger charge is 2.41. The Morgan fingerprint density at radius 2 is 1.92 bits per heavy atom. The van der Waals surface area contributed by atoms with Crippen LogP contribution in [0.3, 0.4) is 0 Å². The van der Waals surface area contributed by atoms with E-state index in [1.54, 1.807) is 10.00 Å². The summed E-state index contributed by atoms with van der Waals surface area (Å²) < 4.78 is 83.9. The zero-order valence-corrected chi connectivity index (χ0v) is 20.3. The van der Waals surface area contributed by atoms with Crippen molar-refractivity contribution < 1.29 is 40.7 Å². The molecule has 2 amide bonds. The van der Waals surface area contributed by atoms with Crippen molar-refractivity contribution in [3.8, 4) is 0 Å². The number of ether oxygens (including phenoxy) is 1. The van der Waals surface area contributed by atoms with Gasteiger partial charge in [-0.25, -0.2) is 10.1 Å². The Bertz CT molecular complexity index is 1300. The Hall–Kier alpha value is -3.89. The van der Waals surface area contributed by atoms with Crippen LogP contribution >= 0.6 is 0 Å². The van der Waals surface area contributed by atoms with Crippen molar-refractivity contribution in [2.45, 2.75) is 37.8 Å². The molecule has 0 aliphatic carbocycles. The fourth-order valence-electron chi connectivity index (χ4n) is 4.31. The fourth-order valence-corrected chi connectivity index (χ4v) is 4.31. The van der Waals surface area contributed by atoms with Crippen LogP contribution < -0.4 is 21.1 Å². The van der Waals surface area contributed by atoms with Crippen molar-refractivity contribution in [2.75, 3.05) is 48.4 Å². The number of hydrogen-bond donors (Lipinski definition) is 3. The highest BCUT2D eigenvalue weighted by Crippen LogP contribution is 2.37. The number of H-pyrrole nitrogens is 1. The third-order valence-corrected chi connectivity index (χ3v) is 6.13. The van der Waals surface area contributed by atoms with Gasteiger partial charge in [0.05, 0.1) is 49.3 Å². The summed E-state index contributed by atoms with van der Waals surface area (Å²) in [6.45, 7) is 1.72. The molecular formula is C22H23F6N7O4. The zero-order chi connectivity index (χ0) is 28.5. The Labute approximate surface area is 216 Å². The van der Waals surface area contributed by atoms with E-state index in [9.17, 15) is 40.7 Å². The molecule has 2 atom stereocenters. The van der Waals surface area contributed by atoms with Crippen LogP contribution in [0, 0.1) is 0 Å². The minimum Gasteiger partial charge on any atom is -0.379 e. The van der Waals surface area contributed by atoms with E-state index < -0.39 is 52.7 Å². The van der Waals surface area contributed by atoms with Gasteiger partial charge in [-0.05, 0) is 13.0 Å². The molecule has 4 heterocycles. The number of anilines is 3. The Balaban J connectivity index is 1.27. The number of aromatic amines is 1. The smallest absolute Gasteiger partial charge is 0.379 e. The second kappa shape index (κ2) is 10.7. The minimum atomic E-state index is -4.89. The third-order valence-electron chi connectivity index (χ3n) is 6.13. The molecule has 11 nitrogen and oxygen atoms in total. The number of nitrogens with zero attached hydrogens (tertiary/aromatic N) is 4. The third kappa shape index (κ3) is 6.23. The number of hydrogen-bond acceptors (Lipinski definition) is 8. The van der Waals surface area contributed by atoms with E-state index in [-0.39, 0.29) is 56.7 Å². The number of halogens is 6. The standard InChI is InChI=1S/C22H23F6N7O4/c1-11(31-14-8-30-33-20(38)17(14)22(26,27)28)10-39-5-2-16(36)34-3-4-35-15(9-34)19(37)32-13-6-12(21(23,24)25)7-29-18(13)35/h6-8,11,15H,2-5,9-10H2,1H3,(H,32,37)(H2,31,33,38)/t11?,15-/m1/s1. The van der Waals surface area contributed by atoms with E-state index in [4.69, 9.17) is 4.74 Å². The van der Waals surface area contributed by atoms with E-state index in [0.717, 1.165) is 12.3 Å². The van der Waals surface area contributed by atoms with Crippen molar-refractivity contribution in [3.05, 3.63) is 39.9 Å². The molecule has 1 fully saturated rings. The molecule has 2 aliphatic rings. The average Bonchev–Trinajstić information content (AvgIpc) is 2.84. The average molecular weight is 563 g/mol. The SMILES string of the molecule is CC(COCCC(=O)N1CCN2c3ncc(C(F)(F)F)cc3NC(=O)[C@H]2C1)Nc1cn[nH]c(=O)c1C(F)(F)F. The first-order valence-corrected chi connectivity index (χ1v) is 11.7. The van der Waals surface area contributed by atoms with Gasteiger partial charge >= 0.3 is 12.4 Å². The second-order valence-electron chi connectivity index (χ2n) is 8.99. The number of carbonyl (C=O) groups is 2. The molecule has 0 radical (unpaired) electrons. The van der Waals surface area contributed by atoms with Gasteiger partial charge in [0.1, 0.15) is 11.6 Å². The maximum Gasteiger partial charge on any atom is 0.423 e. The van der Waals surface area contributed by atoms with Crippen molar-refractivity contribution in [1.82, 2.24) is 20.1 Å². The van der Waals surface area contributed by atoms with Crippen LogP contribution in [0.4, 0.5) is 43.5 Å². The molecule has 39 heavy (non-hydrogen) atoms. The minimum absolute atomic E-state index is 0.0134. The molecule has 3 N–H and O–H groups in total. The Kier molecular flexibility index (Phi) is 7.72. The number of fused-ring (bicyclic) bond motifs is 3. The summed E-state index contributed by atoms with van der Waals surface area (Å²) in [6, 6.07) is -0.683. The normalized spacial score (nSPS) is 18.2. The van der Waals surface area contributed by atoms with Gasteiger partial charge in [-0.15, -0.1) is 0 Å². The molecule has 4 rings (SSSR count). The van der Waals surface area contributed by atoms with Crippen molar-refractivity contribution >= 4 is 29.0 Å². The number of pyridine rings is 1. The summed E-state index contributed by atoms with van der Waals surface area (Å²) in [4.78, 5) is 43.7. The van der Waals surface area contributed by atoms with E-state index in [1.807, 2.05) is 0 Å². The summed E-state index contributed by atoms with van der Waals surface area (Å²) in [7, 11) is 0. The van der Waals surface area contributed by atoms with Gasteiger partial charge in [0, 0.05) is 25.3 Å². The molecule has 1 saturated heterocycles. The van der Waals surface area contributed by atoms with E-state index in [2.05, 4.69) is 20.7 Å². The van der Waals surface area contributed by atoms with Crippen LogP contribution in [0.2, 0.25) is 0 Å². The first-order valence-electron chi connectivity index (χ1n) is 11.7. The van der Waals surface area contributed by atoms with Crippen molar-refractivity contribution in [2.24, 2.45) is 0 Å². The van der Waals surface area contributed by atoms with E-state index >= 15 is 0 Å². The first kappa shape index (κ1) is 28.1. The van der Waals surface area contributed by atoms with Crippen LogP contribution in [0.1, 0.15) is 24.5 Å². The second-order valence-corrected chi connectivity index (χ2v) is 8.99. The van der Waals surface area contributed by atoms with Crippen molar-refractivity contribution in [1.29, 1.82) is 0 Å². The van der Waals surface area contributed by atoms with Gasteiger partial charge < -0.3 is 25.2 Å². The van der Waals surface area contributed by atoms with Crippen molar-refractivity contribution in [3.63, 3.8) is 0 Å². The number of alkyl halides is 6. The summed E-state index contributed by atoms with van der Waals surface area (Å²) >= 11 is 0. The lowest BCUT2D eigenvalue weighted by Gasteiger charge is -2.44. The zero-order valence-electron chi connectivity index (χ0n) is 20.3. The summed E-state index contributed by atoms with van der Waals surface area (Å²) in [5.74, 6) is -0.717. The Morgan fingerprint density at radius 3 is 2.62 bits per heavy atom. The molecule has 212 valence electrons. The largest absolute Gasteiger partial charge is 0.423 e. The Morgan fingerprint density at radius 1 is 1.18 bits per heavy atom. The number of piperazine rings is 1. The first-order chi connectivity index (χ1) is 18.3. The molecule has 0 bridgehead atoms. The molecule has 0 spiro atoms. The van der Waals surface area contributed by atoms with E-state index in [0.29, 0.717) is 6.20 Å². The molecule has 2 aliphatic heterocycles. The van der Waals surface area contributed by atoms with Gasteiger partial charge in [-0.2, -0.15) is 31.4 Å². The lowest BCUT2D eigenvalue weighted by atomic mass is 10.1. The summed E-state index contributed by atoms with van der Waals surface area (Å²) in [5.41, 5.74) is -4.35. The molecule has 2 aromatic rings. The monoisotopic (exact) mass is 563 g/mol.